The number of benzene rings is 2. The van der Waals surface area contributed by atoms with Crippen molar-refractivity contribution in [1.29, 1.82) is 0 Å². The maximum absolute atomic E-state index is 13.3. The van der Waals surface area contributed by atoms with Gasteiger partial charge in [0.1, 0.15) is 5.82 Å². The molecule has 2 rings (SSSR count). The minimum Gasteiger partial charge on any atom is -0.307 e. The lowest BCUT2D eigenvalue weighted by Gasteiger charge is -2.22. The molecule has 0 saturated heterocycles. The normalized spacial score (nSPS) is 12.4. The van der Waals surface area contributed by atoms with Gasteiger partial charge < -0.3 is 5.32 Å². The molecule has 20 heavy (non-hydrogen) atoms. The molecule has 1 atom stereocenters. The Morgan fingerprint density at radius 3 is 2.20 bits per heavy atom. The van der Waals surface area contributed by atoms with E-state index in [-0.39, 0.29) is 11.9 Å². The van der Waals surface area contributed by atoms with Crippen LogP contribution in [0.2, 0.25) is 0 Å². The quantitative estimate of drug-likeness (QED) is 0.866. The molecule has 0 aliphatic rings. The Balaban J connectivity index is 2.49. The van der Waals surface area contributed by atoms with Crippen LogP contribution in [0.25, 0.3) is 0 Å². The summed E-state index contributed by atoms with van der Waals surface area (Å²) in [4.78, 5) is 0. The Morgan fingerprint density at radius 2 is 1.65 bits per heavy atom. The molecule has 0 bridgehead atoms. The first-order valence-electron chi connectivity index (χ1n) is 7.09. The first-order chi connectivity index (χ1) is 9.51. The molecular weight excluding hydrogens is 249 g/mol. The van der Waals surface area contributed by atoms with E-state index in [9.17, 15) is 4.39 Å². The molecule has 1 unspecified atom stereocenters. The van der Waals surface area contributed by atoms with Crippen molar-refractivity contribution in [2.75, 3.05) is 6.54 Å². The molecule has 0 aromatic heterocycles. The monoisotopic (exact) mass is 271 g/mol. The van der Waals surface area contributed by atoms with Gasteiger partial charge in [0.05, 0.1) is 6.04 Å². The second-order valence-corrected chi connectivity index (χ2v) is 5.41. The SMILES string of the molecule is CCNC(c1cc(C)cc(C)c1)c1ccc(F)cc1C. The molecule has 1 N–H and O–H groups in total. The predicted octanol–water partition coefficient (Wildman–Crippen LogP) is 4.45. The average molecular weight is 271 g/mol. The topological polar surface area (TPSA) is 12.0 Å². The van der Waals surface area contributed by atoms with Gasteiger partial charge in [-0.2, -0.15) is 0 Å². The van der Waals surface area contributed by atoms with Crippen molar-refractivity contribution < 1.29 is 4.39 Å². The number of aryl methyl sites for hydroxylation is 3. The smallest absolute Gasteiger partial charge is 0.123 e. The second kappa shape index (κ2) is 6.19. The van der Waals surface area contributed by atoms with Crippen LogP contribution >= 0.6 is 0 Å². The van der Waals surface area contributed by atoms with Gasteiger partial charge in [0.15, 0.2) is 0 Å². The van der Waals surface area contributed by atoms with Gasteiger partial charge in [-0.1, -0.05) is 42.3 Å². The molecule has 0 aliphatic heterocycles. The van der Waals surface area contributed by atoms with E-state index in [1.54, 1.807) is 6.07 Å². The highest BCUT2D eigenvalue weighted by atomic mass is 19.1. The van der Waals surface area contributed by atoms with Crippen molar-refractivity contribution in [2.24, 2.45) is 0 Å². The van der Waals surface area contributed by atoms with Crippen LogP contribution in [-0.2, 0) is 0 Å². The van der Waals surface area contributed by atoms with Crippen LogP contribution in [0.15, 0.2) is 36.4 Å². The van der Waals surface area contributed by atoms with Gasteiger partial charge in [-0.05, 0) is 56.1 Å². The molecule has 106 valence electrons. The lowest BCUT2D eigenvalue weighted by atomic mass is 9.93. The Bertz CT molecular complexity index is 584. The van der Waals surface area contributed by atoms with Crippen molar-refractivity contribution in [3.63, 3.8) is 0 Å². The third-order valence-electron chi connectivity index (χ3n) is 3.53. The molecular formula is C18H22FN. The van der Waals surface area contributed by atoms with Gasteiger partial charge in [0, 0.05) is 0 Å². The van der Waals surface area contributed by atoms with Gasteiger partial charge in [-0.15, -0.1) is 0 Å². The average Bonchev–Trinajstić information content (AvgIpc) is 2.35. The lowest BCUT2D eigenvalue weighted by molar-refractivity contribution is 0.609. The van der Waals surface area contributed by atoms with Gasteiger partial charge in [-0.3, -0.25) is 0 Å². The summed E-state index contributed by atoms with van der Waals surface area (Å²) >= 11 is 0. The second-order valence-electron chi connectivity index (χ2n) is 5.41. The molecule has 0 spiro atoms. The van der Waals surface area contributed by atoms with Gasteiger partial charge in [-0.25, -0.2) is 4.39 Å². The van der Waals surface area contributed by atoms with Crippen LogP contribution < -0.4 is 5.32 Å². The fraction of sp³-hybridized carbons (Fsp3) is 0.333. The van der Waals surface area contributed by atoms with Gasteiger partial charge in [0.2, 0.25) is 0 Å². The molecule has 2 heteroatoms. The van der Waals surface area contributed by atoms with Crippen LogP contribution in [0.1, 0.15) is 40.8 Å². The summed E-state index contributed by atoms with van der Waals surface area (Å²) in [5.41, 5.74) is 5.86. The van der Waals surface area contributed by atoms with Crippen molar-refractivity contribution in [1.82, 2.24) is 5.32 Å². The van der Waals surface area contributed by atoms with Gasteiger partial charge >= 0.3 is 0 Å². The van der Waals surface area contributed by atoms with Gasteiger partial charge in [0.25, 0.3) is 0 Å². The summed E-state index contributed by atoms with van der Waals surface area (Å²) in [6.07, 6.45) is 0. The van der Waals surface area contributed by atoms with E-state index in [0.29, 0.717) is 0 Å². The zero-order valence-corrected chi connectivity index (χ0v) is 12.6. The number of rotatable bonds is 4. The minimum atomic E-state index is -0.179. The van der Waals surface area contributed by atoms with E-state index >= 15 is 0 Å². The molecule has 2 aromatic rings. The fourth-order valence-corrected chi connectivity index (χ4v) is 2.75. The zero-order chi connectivity index (χ0) is 14.7. The maximum atomic E-state index is 13.3. The summed E-state index contributed by atoms with van der Waals surface area (Å²) in [5, 5.41) is 3.51. The van der Waals surface area contributed by atoms with E-state index in [0.717, 1.165) is 17.7 Å². The first kappa shape index (κ1) is 14.7. The Hall–Kier alpha value is -1.67. The van der Waals surface area contributed by atoms with Crippen LogP contribution in [-0.4, -0.2) is 6.54 Å². The van der Waals surface area contributed by atoms with E-state index in [2.05, 4.69) is 44.3 Å². The van der Waals surface area contributed by atoms with E-state index in [1.165, 1.54) is 22.8 Å². The molecule has 0 saturated carbocycles. The highest BCUT2D eigenvalue weighted by molar-refractivity contribution is 5.40. The third kappa shape index (κ3) is 3.26. The predicted molar refractivity (Wildman–Crippen MR) is 82.6 cm³/mol. The maximum Gasteiger partial charge on any atom is 0.123 e. The van der Waals surface area contributed by atoms with E-state index in [1.807, 2.05) is 13.0 Å². The standard InChI is InChI=1S/C18H22FN/c1-5-20-18(15-9-12(2)8-13(3)10-15)17-7-6-16(19)11-14(17)4/h6-11,18,20H,5H2,1-4H3. The third-order valence-corrected chi connectivity index (χ3v) is 3.53. The van der Waals surface area contributed by atoms with Crippen molar-refractivity contribution in [3.8, 4) is 0 Å². The molecule has 0 aliphatic carbocycles. The fourth-order valence-electron chi connectivity index (χ4n) is 2.75. The van der Waals surface area contributed by atoms with E-state index < -0.39 is 0 Å². The molecule has 0 fully saturated rings. The summed E-state index contributed by atoms with van der Waals surface area (Å²) < 4.78 is 13.3. The van der Waals surface area contributed by atoms with Crippen LogP contribution in [0.3, 0.4) is 0 Å². The Morgan fingerprint density at radius 1 is 1.00 bits per heavy atom. The van der Waals surface area contributed by atoms with Crippen molar-refractivity contribution in [3.05, 3.63) is 70.0 Å². The molecule has 2 aromatic carbocycles. The van der Waals surface area contributed by atoms with Crippen LogP contribution in [0, 0.1) is 26.6 Å². The highest BCUT2D eigenvalue weighted by Gasteiger charge is 2.16. The Labute approximate surface area is 120 Å². The summed E-state index contributed by atoms with van der Waals surface area (Å²) in [6.45, 7) is 9.14. The summed E-state index contributed by atoms with van der Waals surface area (Å²) in [5.74, 6) is -0.179. The van der Waals surface area contributed by atoms with Crippen molar-refractivity contribution >= 4 is 0 Å². The lowest BCUT2D eigenvalue weighted by Crippen LogP contribution is -2.23. The number of hydrogen-bond acceptors (Lipinski definition) is 1. The van der Waals surface area contributed by atoms with Crippen LogP contribution in [0.5, 0.6) is 0 Å². The highest BCUT2D eigenvalue weighted by Crippen LogP contribution is 2.27. The first-order valence-corrected chi connectivity index (χ1v) is 7.09. The molecule has 0 radical (unpaired) electrons. The summed E-state index contributed by atoms with van der Waals surface area (Å²) in [6, 6.07) is 11.7. The Kier molecular flexibility index (Phi) is 4.56. The van der Waals surface area contributed by atoms with E-state index in [4.69, 9.17) is 0 Å². The molecule has 0 heterocycles. The molecule has 0 amide bonds. The zero-order valence-electron chi connectivity index (χ0n) is 12.6. The number of hydrogen-bond donors (Lipinski definition) is 1. The van der Waals surface area contributed by atoms with Crippen LogP contribution in [0.4, 0.5) is 4.39 Å². The number of nitrogens with one attached hydrogen (secondary N) is 1. The largest absolute Gasteiger partial charge is 0.307 e. The summed E-state index contributed by atoms with van der Waals surface area (Å²) in [7, 11) is 0. The molecule has 1 nitrogen and oxygen atoms in total. The van der Waals surface area contributed by atoms with Crippen molar-refractivity contribution in [2.45, 2.75) is 33.7 Å². The minimum absolute atomic E-state index is 0.110. The number of halogens is 1.